The van der Waals surface area contributed by atoms with Crippen LogP contribution in [0.4, 0.5) is 0 Å². The van der Waals surface area contributed by atoms with Crippen LogP contribution in [0.2, 0.25) is 10.0 Å². The minimum atomic E-state index is -0.184. The van der Waals surface area contributed by atoms with E-state index in [2.05, 4.69) is 32.6 Å². The number of hydrogen-bond donors (Lipinski definition) is 0. The summed E-state index contributed by atoms with van der Waals surface area (Å²) in [4.78, 5) is 2.17. The van der Waals surface area contributed by atoms with Crippen LogP contribution in [0.5, 0.6) is 0 Å². The molecule has 3 aromatic carbocycles. The first kappa shape index (κ1) is 20.5. The summed E-state index contributed by atoms with van der Waals surface area (Å²) in [6.45, 7) is 2.63. The van der Waals surface area contributed by atoms with Crippen molar-refractivity contribution in [2.75, 3.05) is 7.05 Å². The van der Waals surface area contributed by atoms with Gasteiger partial charge in [-0.1, -0.05) is 83.9 Å². The average Bonchev–Trinajstić information content (AvgIpc) is 3.22. The molecule has 0 saturated heterocycles. The maximum absolute atomic E-state index is 6.46. The van der Waals surface area contributed by atoms with Gasteiger partial charge in [0.15, 0.2) is 5.82 Å². The second-order valence-electron chi connectivity index (χ2n) is 7.18. The molecule has 0 saturated carbocycles. The maximum atomic E-state index is 6.46. The minimum Gasteiger partial charge on any atom is -0.288 e. The van der Waals surface area contributed by atoms with Crippen molar-refractivity contribution < 1.29 is 0 Å². The largest absolute Gasteiger partial charge is 0.288 e. The first-order chi connectivity index (χ1) is 14.6. The third kappa shape index (κ3) is 4.10. The Morgan fingerprint density at radius 3 is 2.43 bits per heavy atom. The minimum absolute atomic E-state index is 0.184. The summed E-state index contributed by atoms with van der Waals surface area (Å²) in [6.07, 6.45) is 0. The molecule has 4 aromatic rings. The smallest absolute Gasteiger partial charge is 0.178 e. The molecule has 0 amide bonds. The van der Waals surface area contributed by atoms with Crippen LogP contribution in [0, 0.1) is 6.92 Å². The number of rotatable bonds is 6. The number of aromatic nitrogens is 4. The Kier molecular flexibility index (Phi) is 6.13. The molecule has 4 rings (SSSR count). The van der Waals surface area contributed by atoms with E-state index in [4.69, 9.17) is 23.2 Å². The number of nitrogens with zero attached hydrogens (tertiary/aromatic N) is 5. The Morgan fingerprint density at radius 1 is 0.933 bits per heavy atom. The van der Waals surface area contributed by atoms with Crippen molar-refractivity contribution in [3.05, 3.63) is 105 Å². The van der Waals surface area contributed by atoms with Gasteiger partial charge < -0.3 is 0 Å². The van der Waals surface area contributed by atoms with Crippen molar-refractivity contribution >= 4 is 23.2 Å². The Bertz CT molecular complexity index is 1140. The predicted octanol–water partition coefficient (Wildman–Crippen LogP) is 5.50. The summed E-state index contributed by atoms with van der Waals surface area (Å²) in [5.74, 6) is 0.733. The number of halogens is 2. The van der Waals surface area contributed by atoms with E-state index in [0.29, 0.717) is 16.6 Å². The standard InChI is InChI=1S/C23H21Cl2N5/c1-16-9-6-7-14-20(16)30-23(26-27-28-30)22(17-10-4-3-5-11-17)29(2)15-18-12-8-13-19(24)21(18)25/h3-14,22H,15H2,1-2H3/t22-/m0/s1. The molecule has 0 bridgehead atoms. The molecule has 0 spiro atoms. The van der Waals surface area contributed by atoms with Gasteiger partial charge in [0.25, 0.3) is 0 Å². The number of tetrazole rings is 1. The third-order valence-electron chi connectivity index (χ3n) is 5.09. The first-order valence-electron chi connectivity index (χ1n) is 9.58. The number of benzene rings is 3. The summed E-state index contributed by atoms with van der Waals surface area (Å²) in [7, 11) is 2.03. The molecule has 1 heterocycles. The topological polar surface area (TPSA) is 46.8 Å². The van der Waals surface area contributed by atoms with Crippen LogP contribution in [0.3, 0.4) is 0 Å². The van der Waals surface area contributed by atoms with E-state index in [9.17, 15) is 0 Å². The van der Waals surface area contributed by atoms with Gasteiger partial charge >= 0.3 is 0 Å². The van der Waals surface area contributed by atoms with E-state index in [-0.39, 0.29) is 6.04 Å². The second-order valence-corrected chi connectivity index (χ2v) is 7.96. The molecule has 1 atom stereocenters. The van der Waals surface area contributed by atoms with Gasteiger partial charge in [-0.2, -0.15) is 4.68 Å². The SMILES string of the molecule is Cc1ccccc1-n1nnnc1[C@H](c1ccccc1)N(C)Cc1cccc(Cl)c1Cl. The zero-order valence-electron chi connectivity index (χ0n) is 16.7. The number of para-hydroxylation sites is 1. The lowest BCUT2D eigenvalue weighted by atomic mass is 10.0. The zero-order valence-corrected chi connectivity index (χ0v) is 18.2. The van der Waals surface area contributed by atoms with Crippen molar-refractivity contribution in [3.63, 3.8) is 0 Å². The van der Waals surface area contributed by atoms with Gasteiger partial charge in [0.2, 0.25) is 0 Å². The maximum Gasteiger partial charge on any atom is 0.178 e. The molecular formula is C23H21Cl2N5. The van der Waals surface area contributed by atoms with Gasteiger partial charge in [-0.25, -0.2) is 0 Å². The normalized spacial score (nSPS) is 12.3. The van der Waals surface area contributed by atoms with Gasteiger partial charge in [0.1, 0.15) is 0 Å². The zero-order chi connectivity index (χ0) is 21.1. The third-order valence-corrected chi connectivity index (χ3v) is 5.95. The monoisotopic (exact) mass is 437 g/mol. The Morgan fingerprint density at radius 2 is 1.67 bits per heavy atom. The summed E-state index contributed by atoms with van der Waals surface area (Å²) in [6, 6.07) is 23.8. The van der Waals surface area contributed by atoms with Gasteiger partial charge in [-0.05, 0) is 53.2 Å². The second kappa shape index (κ2) is 8.96. The van der Waals surface area contributed by atoms with Crippen molar-refractivity contribution in [3.8, 4) is 5.69 Å². The van der Waals surface area contributed by atoms with Crippen molar-refractivity contribution in [1.82, 2.24) is 25.1 Å². The van der Waals surface area contributed by atoms with Crippen LogP contribution >= 0.6 is 23.2 Å². The highest BCUT2D eigenvalue weighted by molar-refractivity contribution is 6.42. The van der Waals surface area contributed by atoms with E-state index >= 15 is 0 Å². The van der Waals surface area contributed by atoms with Gasteiger partial charge in [-0.15, -0.1) is 5.10 Å². The molecule has 30 heavy (non-hydrogen) atoms. The summed E-state index contributed by atoms with van der Waals surface area (Å²) in [5.41, 5.74) is 4.08. The molecule has 0 radical (unpaired) electrons. The molecule has 0 aliphatic heterocycles. The lowest BCUT2D eigenvalue weighted by Gasteiger charge is -2.28. The fourth-order valence-electron chi connectivity index (χ4n) is 3.60. The van der Waals surface area contributed by atoms with Crippen molar-refractivity contribution in [2.45, 2.75) is 19.5 Å². The summed E-state index contributed by atoms with van der Waals surface area (Å²) < 4.78 is 1.81. The lowest BCUT2D eigenvalue weighted by Crippen LogP contribution is -2.28. The molecule has 0 fully saturated rings. The van der Waals surface area contributed by atoms with Crippen LogP contribution in [0.15, 0.2) is 72.8 Å². The van der Waals surface area contributed by atoms with Crippen molar-refractivity contribution in [1.29, 1.82) is 0 Å². The molecule has 152 valence electrons. The van der Waals surface area contributed by atoms with E-state index in [1.54, 1.807) is 6.07 Å². The van der Waals surface area contributed by atoms with Crippen molar-refractivity contribution in [2.24, 2.45) is 0 Å². The van der Waals surface area contributed by atoms with Crippen LogP contribution in [-0.4, -0.2) is 32.2 Å². The van der Waals surface area contributed by atoms with Crippen LogP contribution in [-0.2, 0) is 6.54 Å². The first-order valence-corrected chi connectivity index (χ1v) is 10.3. The number of aryl methyl sites for hydroxylation is 1. The Labute approximate surface area is 185 Å². The average molecular weight is 438 g/mol. The molecule has 0 aliphatic carbocycles. The molecule has 0 aliphatic rings. The Hall–Kier alpha value is -2.73. The molecule has 0 unspecified atom stereocenters. The van der Waals surface area contributed by atoms with Crippen LogP contribution in [0.1, 0.15) is 28.6 Å². The van der Waals surface area contributed by atoms with E-state index in [1.165, 1.54) is 0 Å². The van der Waals surface area contributed by atoms with Gasteiger partial charge in [0.05, 0.1) is 21.8 Å². The fraction of sp³-hybridized carbons (Fsp3) is 0.174. The molecule has 0 N–H and O–H groups in total. The number of hydrogen-bond acceptors (Lipinski definition) is 4. The van der Waals surface area contributed by atoms with E-state index in [1.807, 2.05) is 73.3 Å². The predicted molar refractivity (Wildman–Crippen MR) is 120 cm³/mol. The highest BCUT2D eigenvalue weighted by Crippen LogP contribution is 2.32. The summed E-state index contributed by atoms with van der Waals surface area (Å²) >= 11 is 12.7. The van der Waals surface area contributed by atoms with Crippen LogP contribution in [0.25, 0.3) is 5.69 Å². The molecular weight excluding hydrogens is 417 g/mol. The van der Waals surface area contributed by atoms with Gasteiger partial charge in [-0.3, -0.25) is 4.90 Å². The molecule has 1 aromatic heterocycles. The lowest BCUT2D eigenvalue weighted by molar-refractivity contribution is 0.258. The van der Waals surface area contributed by atoms with E-state index < -0.39 is 0 Å². The Balaban J connectivity index is 1.79. The van der Waals surface area contributed by atoms with E-state index in [0.717, 1.165) is 28.2 Å². The molecule has 7 heteroatoms. The molecule has 5 nitrogen and oxygen atoms in total. The highest BCUT2D eigenvalue weighted by atomic mass is 35.5. The van der Waals surface area contributed by atoms with Crippen LogP contribution < -0.4 is 0 Å². The van der Waals surface area contributed by atoms with Gasteiger partial charge in [0, 0.05) is 6.54 Å². The quantitative estimate of drug-likeness (QED) is 0.399. The summed E-state index contributed by atoms with van der Waals surface area (Å²) in [5, 5.41) is 13.8. The fourth-order valence-corrected chi connectivity index (χ4v) is 3.98. The highest BCUT2D eigenvalue weighted by Gasteiger charge is 2.27.